The van der Waals surface area contributed by atoms with Crippen molar-refractivity contribution in [3.63, 3.8) is 0 Å². The second kappa shape index (κ2) is 7.84. The minimum Gasteiger partial charge on any atom is -0.379 e. The number of nitrogens with one attached hydrogen (secondary N) is 1. The molecule has 7 heteroatoms. The summed E-state index contributed by atoms with van der Waals surface area (Å²) in [6, 6.07) is 7.98. The molecule has 3 N–H and O–H groups in total. The fourth-order valence-electron chi connectivity index (χ4n) is 3.67. The molecule has 1 aromatic carbocycles. The van der Waals surface area contributed by atoms with Crippen LogP contribution in [0.25, 0.3) is 0 Å². The number of hydrogen-bond donors (Lipinski definition) is 2. The Morgan fingerprint density at radius 3 is 3.04 bits per heavy atom. The molecule has 0 radical (unpaired) electrons. The van der Waals surface area contributed by atoms with Gasteiger partial charge in [-0.1, -0.05) is 12.1 Å². The molecule has 1 aliphatic carbocycles. The number of benzene rings is 1. The third kappa shape index (κ3) is 3.81. The number of ether oxygens (including phenoxy) is 1. The van der Waals surface area contributed by atoms with Crippen LogP contribution in [-0.4, -0.2) is 48.1 Å². The van der Waals surface area contributed by atoms with Crippen molar-refractivity contribution in [1.29, 1.82) is 0 Å². The first kappa shape index (κ1) is 17.6. The molecule has 1 amide bonds. The topological polar surface area (TPSA) is 80.5 Å². The van der Waals surface area contributed by atoms with Crippen molar-refractivity contribution in [3.05, 3.63) is 46.0 Å². The zero-order valence-corrected chi connectivity index (χ0v) is 15.6. The first-order chi connectivity index (χ1) is 12.7. The van der Waals surface area contributed by atoms with E-state index in [0.29, 0.717) is 23.3 Å². The maximum atomic E-state index is 12.5. The Hall–Kier alpha value is -1.80. The minimum atomic E-state index is -0.129. The number of anilines is 1. The van der Waals surface area contributed by atoms with Gasteiger partial charge < -0.3 is 10.5 Å². The Labute approximate surface area is 157 Å². The lowest BCUT2D eigenvalue weighted by molar-refractivity contribution is 0.0139. The normalized spacial score (nSPS) is 20.6. The van der Waals surface area contributed by atoms with Gasteiger partial charge in [0.15, 0.2) is 5.13 Å². The van der Waals surface area contributed by atoms with Crippen LogP contribution in [-0.2, 0) is 24.1 Å². The van der Waals surface area contributed by atoms with Crippen LogP contribution in [0, 0.1) is 0 Å². The van der Waals surface area contributed by atoms with E-state index in [1.807, 2.05) is 18.2 Å². The van der Waals surface area contributed by atoms with E-state index in [9.17, 15) is 4.79 Å². The third-order valence-corrected chi connectivity index (χ3v) is 6.16. The molecule has 2 aliphatic rings. The summed E-state index contributed by atoms with van der Waals surface area (Å²) in [5.41, 5.74) is 8.37. The zero-order valence-electron chi connectivity index (χ0n) is 14.7. The average Bonchev–Trinajstić information content (AvgIpc) is 3.10. The molecule has 6 nitrogen and oxygen atoms in total. The molecule has 26 heavy (non-hydrogen) atoms. The molecule has 1 aromatic heterocycles. The quantitative estimate of drug-likeness (QED) is 0.859. The molecule has 0 spiro atoms. The van der Waals surface area contributed by atoms with Crippen LogP contribution in [0.1, 0.15) is 32.9 Å². The fourth-order valence-corrected chi connectivity index (χ4v) is 4.75. The number of nitrogens with two attached hydrogens (primary N) is 1. The van der Waals surface area contributed by atoms with E-state index in [0.717, 1.165) is 56.8 Å². The first-order valence-electron chi connectivity index (χ1n) is 9.13. The molecule has 0 bridgehead atoms. The number of nitrogens with zero attached hydrogens (tertiary/aromatic N) is 2. The van der Waals surface area contributed by atoms with Crippen molar-refractivity contribution >= 4 is 22.4 Å². The Morgan fingerprint density at radius 2 is 2.23 bits per heavy atom. The lowest BCUT2D eigenvalue weighted by atomic mass is 9.96. The van der Waals surface area contributed by atoms with Crippen LogP contribution in [0.4, 0.5) is 5.13 Å². The highest BCUT2D eigenvalue weighted by Crippen LogP contribution is 2.32. The van der Waals surface area contributed by atoms with E-state index in [4.69, 9.17) is 10.5 Å². The molecule has 1 aliphatic heterocycles. The van der Waals surface area contributed by atoms with E-state index in [1.54, 1.807) is 17.4 Å². The summed E-state index contributed by atoms with van der Waals surface area (Å²) in [6.07, 6.45) is 3.13. The number of aryl methyl sites for hydroxylation is 1. The number of thiazole rings is 1. The predicted octanol–water partition coefficient (Wildman–Crippen LogP) is 2.04. The van der Waals surface area contributed by atoms with Crippen LogP contribution in [0.5, 0.6) is 0 Å². The number of fused-ring (bicyclic) bond motifs is 1. The summed E-state index contributed by atoms with van der Waals surface area (Å²) in [4.78, 5) is 21.0. The molecule has 0 saturated carbocycles. The van der Waals surface area contributed by atoms with E-state index < -0.39 is 0 Å². The fraction of sp³-hybridized carbons (Fsp3) is 0.474. The van der Waals surface area contributed by atoms with Crippen molar-refractivity contribution in [2.45, 2.75) is 31.8 Å². The summed E-state index contributed by atoms with van der Waals surface area (Å²) >= 11 is 1.61. The summed E-state index contributed by atoms with van der Waals surface area (Å²) in [5.74, 6) is -0.129. The first-order valence-corrected chi connectivity index (χ1v) is 9.95. The Kier molecular flexibility index (Phi) is 5.31. The highest BCUT2D eigenvalue weighted by atomic mass is 32.1. The zero-order chi connectivity index (χ0) is 17.9. The molecule has 2 heterocycles. The number of rotatable bonds is 4. The molecular weight excluding hydrogens is 348 g/mol. The van der Waals surface area contributed by atoms with Crippen LogP contribution in [0.15, 0.2) is 24.3 Å². The van der Waals surface area contributed by atoms with Crippen molar-refractivity contribution in [1.82, 2.24) is 9.88 Å². The number of carbonyl (C=O) groups excluding carboxylic acids is 1. The summed E-state index contributed by atoms with van der Waals surface area (Å²) in [7, 11) is 0. The predicted molar refractivity (Wildman–Crippen MR) is 103 cm³/mol. The molecular formula is C19H24N4O2S. The van der Waals surface area contributed by atoms with E-state index >= 15 is 0 Å². The molecule has 1 fully saturated rings. The Balaban J connectivity index is 1.43. The summed E-state index contributed by atoms with van der Waals surface area (Å²) in [5, 5.41) is 3.65. The van der Waals surface area contributed by atoms with Gasteiger partial charge in [0.25, 0.3) is 5.91 Å². The van der Waals surface area contributed by atoms with Gasteiger partial charge in [-0.25, -0.2) is 4.98 Å². The van der Waals surface area contributed by atoms with Crippen molar-refractivity contribution in [3.8, 4) is 0 Å². The molecule has 1 atom stereocenters. The molecule has 138 valence electrons. The van der Waals surface area contributed by atoms with Crippen molar-refractivity contribution in [2.24, 2.45) is 5.73 Å². The monoisotopic (exact) mass is 372 g/mol. The standard InChI is InChI=1S/C19H24N4O2S/c20-12-13-2-1-3-14(10-13)18(24)22-19-21-16-5-4-15(11-17(16)26-19)23-6-8-25-9-7-23/h1-3,10,15H,4-9,11-12,20H2,(H,21,22,24). The van der Waals surface area contributed by atoms with E-state index in [2.05, 4.69) is 15.2 Å². The minimum absolute atomic E-state index is 0.129. The van der Waals surface area contributed by atoms with Gasteiger partial charge in [-0.05, 0) is 37.0 Å². The molecule has 2 aromatic rings. The van der Waals surface area contributed by atoms with E-state index in [1.165, 1.54) is 4.88 Å². The van der Waals surface area contributed by atoms with Gasteiger partial charge in [-0.3, -0.25) is 15.0 Å². The smallest absolute Gasteiger partial charge is 0.257 e. The van der Waals surface area contributed by atoms with Gasteiger partial charge in [-0.2, -0.15) is 0 Å². The van der Waals surface area contributed by atoms with Gasteiger partial charge in [0.2, 0.25) is 0 Å². The van der Waals surface area contributed by atoms with Crippen molar-refractivity contribution < 1.29 is 9.53 Å². The van der Waals surface area contributed by atoms with Gasteiger partial charge in [0, 0.05) is 36.1 Å². The maximum Gasteiger partial charge on any atom is 0.257 e. The molecule has 1 saturated heterocycles. The number of carbonyl (C=O) groups is 1. The lowest BCUT2D eigenvalue weighted by Crippen LogP contribution is -2.45. The third-order valence-electron chi connectivity index (χ3n) is 5.12. The largest absolute Gasteiger partial charge is 0.379 e. The van der Waals surface area contributed by atoms with Gasteiger partial charge in [0.05, 0.1) is 18.9 Å². The maximum absolute atomic E-state index is 12.5. The second-order valence-corrected chi connectivity index (χ2v) is 7.88. The number of morpholine rings is 1. The molecule has 4 rings (SSSR count). The molecule has 1 unspecified atom stereocenters. The highest BCUT2D eigenvalue weighted by Gasteiger charge is 2.28. The number of amides is 1. The van der Waals surface area contributed by atoms with Crippen LogP contribution < -0.4 is 11.1 Å². The second-order valence-electron chi connectivity index (χ2n) is 6.79. The van der Waals surface area contributed by atoms with Gasteiger partial charge in [0.1, 0.15) is 0 Å². The number of hydrogen-bond acceptors (Lipinski definition) is 6. The van der Waals surface area contributed by atoms with Crippen LogP contribution >= 0.6 is 11.3 Å². The average molecular weight is 372 g/mol. The summed E-state index contributed by atoms with van der Waals surface area (Å²) < 4.78 is 5.46. The number of aromatic nitrogens is 1. The Bertz CT molecular complexity index is 786. The lowest BCUT2D eigenvalue weighted by Gasteiger charge is -2.36. The van der Waals surface area contributed by atoms with E-state index in [-0.39, 0.29) is 5.91 Å². The van der Waals surface area contributed by atoms with Gasteiger partial charge in [-0.15, -0.1) is 11.3 Å². The summed E-state index contributed by atoms with van der Waals surface area (Å²) in [6.45, 7) is 4.11. The SMILES string of the molecule is NCc1cccc(C(=O)Nc2nc3c(s2)CC(N2CCOCC2)CC3)c1. The highest BCUT2D eigenvalue weighted by molar-refractivity contribution is 7.15. The van der Waals surface area contributed by atoms with Crippen molar-refractivity contribution in [2.75, 3.05) is 31.6 Å². The Morgan fingerprint density at radius 1 is 1.38 bits per heavy atom. The van der Waals surface area contributed by atoms with Gasteiger partial charge >= 0.3 is 0 Å². The van der Waals surface area contributed by atoms with Crippen LogP contribution in [0.2, 0.25) is 0 Å². The van der Waals surface area contributed by atoms with Crippen LogP contribution in [0.3, 0.4) is 0 Å².